The van der Waals surface area contributed by atoms with E-state index in [9.17, 15) is 8.42 Å². The first-order valence-corrected chi connectivity index (χ1v) is 5.87. The molecule has 0 fully saturated rings. The minimum atomic E-state index is -4.48. The van der Waals surface area contributed by atoms with Crippen LogP contribution in [-0.4, -0.2) is 89.5 Å². The Morgan fingerprint density at radius 2 is 1.50 bits per heavy atom. The Balaban J connectivity index is 0. The fourth-order valence-electron chi connectivity index (χ4n) is 1.38. The van der Waals surface area contributed by atoms with Crippen LogP contribution in [0.25, 0.3) is 0 Å². The van der Waals surface area contributed by atoms with E-state index in [2.05, 4.69) is 0 Å². The first-order valence-electron chi connectivity index (χ1n) is 4.37. The number of nitrogens with two attached hydrogens (primary N) is 1. The summed E-state index contributed by atoms with van der Waals surface area (Å²) in [6.07, 6.45) is -0.152. The maximum absolute atomic E-state index is 11.0. The molecule has 0 spiro atoms. The van der Waals surface area contributed by atoms with Crippen molar-refractivity contribution in [1.29, 1.82) is 0 Å². The van der Waals surface area contributed by atoms with Crippen LogP contribution in [0.3, 0.4) is 0 Å². The van der Waals surface area contributed by atoms with Crippen molar-refractivity contribution in [2.24, 2.45) is 11.1 Å². The van der Waals surface area contributed by atoms with E-state index in [4.69, 9.17) is 25.6 Å². The van der Waals surface area contributed by atoms with E-state index in [1.165, 1.54) is 0 Å². The Morgan fingerprint density at radius 1 is 1.12 bits per heavy atom. The summed E-state index contributed by atoms with van der Waals surface area (Å²) in [4.78, 5) is 0. The van der Waals surface area contributed by atoms with Gasteiger partial charge in [-0.25, -0.2) is 0 Å². The zero-order valence-corrected chi connectivity index (χ0v) is 9.02. The Hall–Kier alpha value is 0.750. The van der Waals surface area contributed by atoms with E-state index in [-0.39, 0.29) is 42.5 Å². The van der Waals surface area contributed by atoms with Gasteiger partial charge in [-0.05, 0) is 13.0 Å². The fraction of sp³-hybridized carbons (Fsp3) is 1.00. The second-order valence-electron chi connectivity index (χ2n) is 3.42. The summed E-state index contributed by atoms with van der Waals surface area (Å²) >= 11 is 0. The third kappa shape index (κ3) is 4.55. The molecule has 16 heavy (non-hydrogen) atoms. The molecule has 0 saturated heterocycles. The molecule has 0 amide bonds. The predicted molar refractivity (Wildman–Crippen MR) is 59.8 cm³/mol. The van der Waals surface area contributed by atoms with Crippen LogP contribution in [0.4, 0.5) is 0 Å². The molecule has 7 nitrogen and oxygen atoms in total. The van der Waals surface area contributed by atoms with Gasteiger partial charge in [-0.3, -0.25) is 4.55 Å². The van der Waals surface area contributed by atoms with Crippen molar-refractivity contribution in [3.8, 4) is 0 Å². The van der Waals surface area contributed by atoms with E-state index >= 15 is 0 Å². The van der Waals surface area contributed by atoms with Gasteiger partial charge in [0.15, 0.2) is 0 Å². The summed E-state index contributed by atoms with van der Waals surface area (Å²) in [6.45, 7) is -2.33. The molecule has 6 N–H and O–H groups in total. The van der Waals surface area contributed by atoms with Gasteiger partial charge in [0, 0.05) is 0 Å². The standard InChI is InChI=1S/C7H17NO6S.Na.H/c8-2-1-6(15(12,13)14)7(3-9,4-10)5-11;;/h6,9-11H,1-5,8H2,(H,12,13,14);;. The predicted octanol–water partition coefficient (Wildman–Crippen LogP) is -3.09. The van der Waals surface area contributed by atoms with E-state index in [0.717, 1.165) is 0 Å². The molecule has 0 aliphatic heterocycles. The van der Waals surface area contributed by atoms with Crippen LogP contribution < -0.4 is 5.73 Å². The van der Waals surface area contributed by atoms with Crippen molar-refractivity contribution in [3.63, 3.8) is 0 Å². The SMILES string of the molecule is NCCC(C(CO)(CO)CO)S(=O)(=O)O.[NaH]. The van der Waals surface area contributed by atoms with Crippen molar-refractivity contribution in [2.75, 3.05) is 26.4 Å². The van der Waals surface area contributed by atoms with E-state index in [1.54, 1.807) is 0 Å². The molecule has 0 bridgehead atoms. The zero-order valence-electron chi connectivity index (χ0n) is 8.20. The van der Waals surface area contributed by atoms with Gasteiger partial charge in [0.2, 0.25) is 0 Å². The summed E-state index contributed by atoms with van der Waals surface area (Å²) in [5, 5.41) is 25.5. The molecular formula is C7H18NNaO6S. The molecule has 0 rings (SSSR count). The first kappa shape index (κ1) is 19.1. The van der Waals surface area contributed by atoms with Crippen LogP contribution >= 0.6 is 0 Å². The Labute approximate surface area is 117 Å². The fourth-order valence-corrected chi connectivity index (χ4v) is 2.67. The molecule has 0 saturated carbocycles. The van der Waals surface area contributed by atoms with Crippen LogP contribution in [0, 0.1) is 5.41 Å². The number of aliphatic hydroxyl groups is 3. The number of hydrogen-bond donors (Lipinski definition) is 5. The maximum atomic E-state index is 11.0. The summed E-state index contributed by atoms with van der Waals surface area (Å²) in [5.74, 6) is 0. The van der Waals surface area contributed by atoms with Gasteiger partial charge in [-0.15, -0.1) is 0 Å². The quantitative estimate of drug-likeness (QED) is 0.243. The first-order chi connectivity index (χ1) is 6.87. The van der Waals surface area contributed by atoms with E-state index < -0.39 is 40.6 Å². The zero-order chi connectivity index (χ0) is 12.1. The Kier molecular flexibility index (Phi) is 9.50. The monoisotopic (exact) mass is 267 g/mol. The molecule has 0 heterocycles. The number of aliphatic hydroxyl groups excluding tert-OH is 3. The number of rotatable bonds is 7. The molecule has 0 aromatic heterocycles. The molecule has 0 aliphatic rings. The van der Waals surface area contributed by atoms with Gasteiger partial charge < -0.3 is 21.1 Å². The van der Waals surface area contributed by atoms with E-state index in [0.29, 0.717) is 0 Å². The van der Waals surface area contributed by atoms with Crippen LogP contribution in [0.2, 0.25) is 0 Å². The average molecular weight is 267 g/mol. The molecule has 1 atom stereocenters. The molecule has 0 radical (unpaired) electrons. The molecule has 94 valence electrons. The Morgan fingerprint density at radius 3 is 1.69 bits per heavy atom. The van der Waals surface area contributed by atoms with Gasteiger partial charge in [0.25, 0.3) is 10.1 Å². The van der Waals surface area contributed by atoms with Gasteiger partial charge >= 0.3 is 29.6 Å². The minimum absolute atomic E-state index is 0. The second-order valence-corrected chi connectivity index (χ2v) is 5.02. The second kappa shape index (κ2) is 7.96. The van der Waals surface area contributed by atoms with Crippen LogP contribution in [0.15, 0.2) is 0 Å². The summed E-state index contributed by atoms with van der Waals surface area (Å²) in [6, 6.07) is 0. The van der Waals surface area contributed by atoms with Gasteiger partial charge in [0.1, 0.15) is 0 Å². The molecule has 9 heteroatoms. The van der Waals surface area contributed by atoms with Crippen molar-refractivity contribution in [2.45, 2.75) is 11.7 Å². The Bertz CT molecular complexity index is 270. The van der Waals surface area contributed by atoms with Crippen molar-refractivity contribution >= 4 is 39.7 Å². The number of hydrogen-bond acceptors (Lipinski definition) is 6. The van der Waals surface area contributed by atoms with Crippen LogP contribution in [-0.2, 0) is 10.1 Å². The molecule has 1 unspecified atom stereocenters. The van der Waals surface area contributed by atoms with Gasteiger partial charge in [-0.2, -0.15) is 8.42 Å². The average Bonchev–Trinajstić information content (AvgIpc) is 2.18. The molecule has 0 aromatic carbocycles. The summed E-state index contributed by atoms with van der Waals surface area (Å²) < 4.78 is 30.9. The van der Waals surface area contributed by atoms with E-state index in [1.807, 2.05) is 0 Å². The van der Waals surface area contributed by atoms with Crippen molar-refractivity contribution < 1.29 is 28.3 Å². The third-order valence-electron chi connectivity index (χ3n) is 2.42. The third-order valence-corrected chi connectivity index (χ3v) is 3.87. The summed E-state index contributed by atoms with van der Waals surface area (Å²) in [5.41, 5.74) is 3.49. The van der Waals surface area contributed by atoms with Gasteiger partial charge in [0.05, 0.1) is 30.5 Å². The van der Waals surface area contributed by atoms with Crippen molar-refractivity contribution in [3.05, 3.63) is 0 Å². The molecule has 0 aromatic rings. The topological polar surface area (TPSA) is 141 Å². The van der Waals surface area contributed by atoms with Crippen molar-refractivity contribution in [1.82, 2.24) is 0 Å². The molecule has 0 aliphatic carbocycles. The van der Waals surface area contributed by atoms with Crippen LogP contribution in [0.5, 0.6) is 0 Å². The van der Waals surface area contributed by atoms with Crippen LogP contribution in [0.1, 0.15) is 6.42 Å². The summed E-state index contributed by atoms with van der Waals surface area (Å²) in [7, 11) is -4.48. The van der Waals surface area contributed by atoms with Gasteiger partial charge in [-0.1, -0.05) is 0 Å². The molecular weight excluding hydrogens is 249 g/mol. The normalized spacial score (nSPS) is 14.3.